The molecular formula is C20H25N3O7. The molecule has 2 N–H and O–H groups in total. The second-order valence-electron chi connectivity index (χ2n) is 7.17. The molecule has 0 saturated carbocycles. The fraction of sp³-hybridized carbons (Fsp3) is 0.450. The third kappa shape index (κ3) is 5.03. The van der Waals surface area contributed by atoms with E-state index in [0.29, 0.717) is 12.0 Å². The zero-order chi connectivity index (χ0) is 21.7. The van der Waals surface area contributed by atoms with Crippen molar-refractivity contribution in [3.8, 4) is 0 Å². The fourth-order valence-electron chi connectivity index (χ4n) is 3.56. The first-order valence-electron chi connectivity index (χ1n) is 9.52. The summed E-state index contributed by atoms with van der Waals surface area (Å²) in [6.07, 6.45) is 0.393. The summed E-state index contributed by atoms with van der Waals surface area (Å²) >= 11 is 0. The van der Waals surface area contributed by atoms with Gasteiger partial charge in [-0.25, -0.2) is 9.68 Å². The summed E-state index contributed by atoms with van der Waals surface area (Å²) < 4.78 is 12.2. The first-order chi connectivity index (χ1) is 14.4. The van der Waals surface area contributed by atoms with E-state index >= 15 is 0 Å². The summed E-state index contributed by atoms with van der Waals surface area (Å²) in [6, 6.07) is 8.86. The molecule has 0 bridgehead atoms. The van der Waals surface area contributed by atoms with Crippen LogP contribution in [-0.4, -0.2) is 64.6 Å². The highest BCUT2D eigenvalue weighted by Crippen LogP contribution is 2.23. The van der Waals surface area contributed by atoms with Gasteiger partial charge in [0.2, 0.25) is 0 Å². The molecule has 3 rings (SSSR count). The Kier molecular flexibility index (Phi) is 7.16. The topological polar surface area (TPSA) is 123 Å². The third-order valence-corrected chi connectivity index (χ3v) is 5.08. The smallest absolute Gasteiger partial charge is 0.330 e. The molecule has 3 unspecified atom stereocenters. The highest BCUT2D eigenvalue weighted by atomic mass is 17.1. The number of methoxy groups -OCH3 is 1. The summed E-state index contributed by atoms with van der Waals surface area (Å²) in [5.41, 5.74) is 0.191. The van der Waals surface area contributed by atoms with E-state index in [9.17, 15) is 14.4 Å². The highest BCUT2D eigenvalue weighted by molar-refractivity contribution is 5.76. The number of aromatic amines is 1. The molecule has 1 aromatic carbocycles. The van der Waals surface area contributed by atoms with Gasteiger partial charge in [-0.05, 0) is 18.9 Å². The van der Waals surface area contributed by atoms with Crippen molar-refractivity contribution in [3.05, 3.63) is 68.5 Å². The standard InChI is InChI=1S/C20H25N3O7/c1-13-9-23(20(26)21-18(13)24)17-11-22(10-15(30-17)12-29-27)16(19(25)28-2)8-14-6-4-3-5-7-14/h3-7,9,15-17,27H,8,10-12H2,1-2H3,(H,21,24,26). The predicted octanol–water partition coefficient (Wildman–Crippen LogP) is 0.318. The van der Waals surface area contributed by atoms with Crippen LogP contribution in [0.5, 0.6) is 0 Å². The number of ether oxygens (including phenoxy) is 2. The van der Waals surface area contributed by atoms with Crippen molar-refractivity contribution < 1.29 is 24.4 Å². The van der Waals surface area contributed by atoms with Crippen LogP contribution in [0.3, 0.4) is 0 Å². The number of carbonyl (C=O) groups excluding carboxylic acids is 1. The predicted molar refractivity (Wildman–Crippen MR) is 106 cm³/mol. The maximum absolute atomic E-state index is 12.6. The molecule has 2 aromatic rings. The molecule has 1 aliphatic heterocycles. The lowest BCUT2D eigenvalue weighted by atomic mass is 10.0. The van der Waals surface area contributed by atoms with E-state index in [-0.39, 0.29) is 19.7 Å². The van der Waals surface area contributed by atoms with Crippen LogP contribution < -0.4 is 11.2 Å². The minimum atomic E-state index is -0.801. The number of H-pyrrole nitrogens is 1. The van der Waals surface area contributed by atoms with E-state index in [1.54, 1.807) is 6.92 Å². The summed E-state index contributed by atoms with van der Waals surface area (Å²) in [5.74, 6) is -0.423. The first kappa shape index (κ1) is 21.9. The summed E-state index contributed by atoms with van der Waals surface area (Å²) in [5, 5.41) is 8.92. The second-order valence-corrected chi connectivity index (χ2v) is 7.17. The van der Waals surface area contributed by atoms with Gasteiger partial charge in [0.15, 0.2) is 6.23 Å². The second kappa shape index (κ2) is 9.81. The number of nitrogens with one attached hydrogen (secondary N) is 1. The van der Waals surface area contributed by atoms with Crippen molar-refractivity contribution in [1.82, 2.24) is 14.5 Å². The summed E-state index contributed by atoms with van der Waals surface area (Å²) in [6.45, 7) is 1.90. The maximum atomic E-state index is 12.6. The van der Waals surface area contributed by atoms with Crippen molar-refractivity contribution in [1.29, 1.82) is 0 Å². The van der Waals surface area contributed by atoms with Gasteiger partial charge >= 0.3 is 11.7 Å². The minimum Gasteiger partial charge on any atom is -0.468 e. The lowest BCUT2D eigenvalue weighted by molar-refractivity contribution is -0.275. The zero-order valence-electron chi connectivity index (χ0n) is 16.8. The largest absolute Gasteiger partial charge is 0.468 e. The Labute approximate surface area is 172 Å². The number of hydrogen-bond donors (Lipinski definition) is 2. The average molecular weight is 419 g/mol. The molecule has 162 valence electrons. The van der Waals surface area contributed by atoms with Gasteiger partial charge in [0.25, 0.3) is 5.56 Å². The van der Waals surface area contributed by atoms with E-state index in [2.05, 4.69) is 9.87 Å². The minimum absolute atomic E-state index is 0.149. The Bertz CT molecular complexity index is 972. The van der Waals surface area contributed by atoms with Gasteiger partial charge in [0.1, 0.15) is 12.6 Å². The van der Waals surface area contributed by atoms with Crippen LogP contribution in [0.25, 0.3) is 0 Å². The molecule has 10 nitrogen and oxygen atoms in total. The summed E-state index contributed by atoms with van der Waals surface area (Å²) in [7, 11) is 1.32. The van der Waals surface area contributed by atoms with Crippen molar-refractivity contribution in [2.75, 3.05) is 26.8 Å². The van der Waals surface area contributed by atoms with E-state index in [0.717, 1.165) is 5.56 Å². The number of rotatable bonds is 7. The first-order valence-corrected chi connectivity index (χ1v) is 9.52. The van der Waals surface area contributed by atoms with Crippen LogP contribution in [0.2, 0.25) is 0 Å². The van der Waals surface area contributed by atoms with E-state index in [1.165, 1.54) is 17.9 Å². The Morgan fingerprint density at radius 3 is 2.70 bits per heavy atom. The number of hydrogen-bond acceptors (Lipinski definition) is 8. The van der Waals surface area contributed by atoms with Crippen molar-refractivity contribution in [3.63, 3.8) is 0 Å². The van der Waals surface area contributed by atoms with Gasteiger partial charge in [0.05, 0.1) is 13.2 Å². The lowest BCUT2D eigenvalue weighted by Crippen LogP contribution is -2.55. The number of aromatic nitrogens is 2. The van der Waals surface area contributed by atoms with E-state index in [1.807, 2.05) is 35.2 Å². The average Bonchev–Trinajstić information content (AvgIpc) is 2.74. The molecular weight excluding hydrogens is 394 g/mol. The van der Waals surface area contributed by atoms with Gasteiger partial charge in [-0.1, -0.05) is 30.3 Å². The van der Waals surface area contributed by atoms with Crippen LogP contribution in [0.15, 0.2) is 46.1 Å². The number of aryl methyl sites for hydroxylation is 1. The van der Waals surface area contributed by atoms with Gasteiger partial charge in [0, 0.05) is 24.8 Å². The van der Waals surface area contributed by atoms with Crippen molar-refractivity contribution in [2.24, 2.45) is 0 Å². The molecule has 30 heavy (non-hydrogen) atoms. The Hall–Kier alpha value is -2.79. The summed E-state index contributed by atoms with van der Waals surface area (Å²) in [4.78, 5) is 45.0. The van der Waals surface area contributed by atoms with Crippen LogP contribution in [0, 0.1) is 6.92 Å². The third-order valence-electron chi connectivity index (χ3n) is 5.08. The molecule has 1 fully saturated rings. The normalized spacial score (nSPS) is 20.6. The van der Waals surface area contributed by atoms with Crippen LogP contribution in [0.4, 0.5) is 0 Å². The quantitative estimate of drug-likeness (QED) is 0.374. The number of morpholine rings is 1. The Balaban J connectivity index is 1.93. The van der Waals surface area contributed by atoms with Crippen LogP contribution in [-0.2, 0) is 25.6 Å². The van der Waals surface area contributed by atoms with Crippen LogP contribution >= 0.6 is 0 Å². The SMILES string of the molecule is COC(=O)C(Cc1ccccc1)N1CC(COO)OC(n2cc(C)c(=O)[nH]c2=O)C1. The van der Waals surface area contributed by atoms with E-state index in [4.69, 9.17) is 14.7 Å². The van der Waals surface area contributed by atoms with Gasteiger partial charge in [-0.2, -0.15) is 0 Å². The Morgan fingerprint density at radius 1 is 1.30 bits per heavy atom. The zero-order valence-corrected chi connectivity index (χ0v) is 16.8. The van der Waals surface area contributed by atoms with Gasteiger partial charge in [-0.15, -0.1) is 0 Å². The highest BCUT2D eigenvalue weighted by Gasteiger charge is 2.37. The van der Waals surface area contributed by atoms with Crippen molar-refractivity contribution in [2.45, 2.75) is 31.7 Å². The number of esters is 1. The molecule has 3 atom stereocenters. The van der Waals surface area contributed by atoms with Gasteiger partial charge in [-0.3, -0.25) is 29.3 Å². The maximum Gasteiger partial charge on any atom is 0.330 e. The van der Waals surface area contributed by atoms with Crippen molar-refractivity contribution >= 4 is 5.97 Å². The lowest BCUT2D eigenvalue weighted by Gasteiger charge is -2.41. The molecule has 0 amide bonds. The Morgan fingerprint density at radius 2 is 2.03 bits per heavy atom. The fourth-order valence-corrected chi connectivity index (χ4v) is 3.56. The molecule has 1 aromatic heterocycles. The number of nitrogens with zero attached hydrogens (tertiary/aromatic N) is 2. The molecule has 0 spiro atoms. The molecule has 2 heterocycles. The van der Waals surface area contributed by atoms with Gasteiger partial charge < -0.3 is 9.47 Å². The molecule has 0 radical (unpaired) electrons. The molecule has 10 heteroatoms. The monoisotopic (exact) mass is 419 g/mol. The number of benzene rings is 1. The number of carbonyl (C=O) groups is 1. The van der Waals surface area contributed by atoms with Crippen LogP contribution in [0.1, 0.15) is 17.4 Å². The molecule has 1 aliphatic rings. The van der Waals surface area contributed by atoms with E-state index < -0.39 is 35.6 Å². The molecule has 1 saturated heterocycles. The molecule has 0 aliphatic carbocycles.